The molecule has 1 atom stereocenters. The number of carbonyl (C=O) groups is 1. The van der Waals surface area contributed by atoms with Crippen LogP contribution in [0.2, 0.25) is 0 Å². The smallest absolute Gasteiger partial charge is 0.251 e. The van der Waals surface area contributed by atoms with E-state index in [1.165, 1.54) is 0 Å². The van der Waals surface area contributed by atoms with Crippen LogP contribution in [0.5, 0.6) is 0 Å². The number of aliphatic hydroxyl groups is 1. The molecule has 0 heterocycles. The minimum Gasteiger partial charge on any atom is -0.395 e. The molecule has 0 fully saturated rings. The minimum absolute atomic E-state index is 0.0409. The Morgan fingerprint density at radius 3 is 2.20 bits per heavy atom. The van der Waals surface area contributed by atoms with E-state index in [1.807, 2.05) is 32.6 Å². The molecule has 0 aliphatic rings. The van der Waals surface area contributed by atoms with E-state index >= 15 is 0 Å². The van der Waals surface area contributed by atoms with E-state index in [2.05, 4.69) is 5.43 Å². The molecule has 0 rings (SSSR count). The maximum Gasteiger partial charge on any atom is 0.251 e. The van der Waals surface area contributed by atoms with Crippen molar-refractivity contribution in [2.75, 3.05) is 13.2 Å². The van der Waals surface area contributed by atoms with Gasteiger partial charge in [-0.1, -0.05) is 13.8 Å². The molecule has 0 aliphatic carbocycles. The Bertz CT molecular complexity index is 195. The van der Waals surface area contributed by atoms with Crippen molar-refractivity contribution in [3.05, 3.63) is 0 Å². The summed E-state index contributed by atoms with van der Waals surface area (Å²) in [6, 6.07) is -0.0935. The SMILES string of the molecule is CC(C)C(C(=O)NN)N(CCO)C(C)C. The normalized spacial score (nSPS) is 13.7. The van der Waals surface area contributed by atoms with Gasteiger partial charge in [0.2, 0.25) is 0 Å². The number of rotatable bonds is 6. The first-order valence-corrected chi connectivity index (χ1v) is 5.32. The second-order valence-corrected chi connectivity index (χ2v) is 4.25. The molecule has 0 radical (unpaired) electrons. The predicted octanol–water partition coefficient (Wildman–Crippen LogP) is -0.296. The average Bonchev–Trinajstić information content (AvgIpc) is 2.15. The molecule has 1 unspecified atom stereocenters. The van der Waals surface area contributed by atoms with Crippen LogP contribution in [0.25, 0.3) is 0 Å². The zero-order chi connectivity index (χ0) is 12.0. The van der Waals surface area contributed by atoms with Gasteiger partial charge in [-0.3, -0.25) is 15.1 Å². The van der Waals surface area contributed by atoms with Crippen LogP contribution in [0.1, 0.15) is 27.7 Å². The van der Waals surface area contributed by atoms with Gasteiger partial charge in [-0.15, -0.1) is 0 Å². The molecule has 0 spiro atoms. The summed E-state index contributed by atoms with van der Waals surface area (Å²) in [5.41, 5.74) is 2.18. The average molecular weight is 217 g/mol. The van der Waals surface area contributed by atoms with Gasteiger partial charge in [0.1, 0.15) is 0 Å². The van der Waals surface area contributed by atoms with Crippen molar-refractivity contribution in [3.8, 4) is 0 Å². The van der Waals surface area contributed by atoms with E-state index in [9.17, 15) is 4.79 Å². The summed E-state index contributed by atoms with van der Waals surface area (Å²) in [5.74, 6) is 5.11. The molecule has 90 valence electrons. The van der Waals surface area contributed by atoms with E-state index in [0.29, 0.717) is 6.54 Å². The van der Waals surface area contributed by atoms with Gasteiger partial charge in [0.25, 0.3) is 5.91 Å². The van der Waals surface area contributed by atoms with Crippen molar-refractivity contribution >= 4 is 5.91 Å². The third kappa shape index (κ3) is 4.15. The van der Waals surface area contributed by atoms with Crippen LogP contribution in [0.3, 0.4) is 0 Å². The lowest BCUT2D eigenvalue weighted by molar-refractivity contribution is -0.129. The van der Waals surface area contributed by atoms with Gasteiger partial charge in [-0.2, -0.15) is 0 Å². The number of amides is 1. The van der Waals surface area contributed by atoms with Crippen molar-refractivity contribution in [1.29, 1.82) is 0 Å². The van der Waals surface area contributed by atoms with E-state index in [0.717, 1.165) is 0 Å². The summed E-state index contributed by atoms with van der Waals surface area (Å²) in [5, 5.41) is 8.97. The summed E-state index contributed by atoms with van der Waals surface area (Å²) < 4.78 is 0. The zero-order valence-corrected chi connectivity index (χ0v) is 10.0. The van der Waals surface area contributed by atoms with Crippen LogP contribution in [0.4, 0.5) is 0 Å². The van der Waals surface area contributed by atoms with Gasteiger partial charge in [0, 0.05) is 12.6 Å². The molecule has 4 N–H and O–H groups in total. The number of aliphatic hydroxyl groups excluding tert-OH is 1. The Morgan fingerprint density at radius 1 is 1.40 bits per heavy atom. The molecule has 1 amide bonds. The van der Waals surface area contributed by atoms with E-state index in [-0.39, 0.29) is 30.5 Å². The summed E-state index contributed by atoms with van der Waals surface area (Å²) >= 11 is 0. The molecule has 0 aromatic rings. The van der Waals surface area contributed by atoms with Gasteiger partial charge in [-0.05, 0) is 19.8 Å². The number of hydrogen-bond donors (Lipinski definition) is 3. The molecule has 0 aromatic heterocycles. The van der Waals surface area contributed by atoms with Gasteiger partial charge < -0.3 is 5.11 Å². The summed E-state index contributed by atoms with van der Waals surface area (Å²) in [6.07, 6.45) is 0. The highest BCUT2D eigenvalue weighted by Crippen LogP contribution is 2.13. The van der Waals surface area contributed by atoms with Gasteiger partial charge in [0.15, 0.2) is 0 Å². The molecule has 0 bridgehead atoms. The van der Waals surface area contributed by atoms with Crippen molar-refractivity contribution < 1.29 is 9.90 Å². The number of hydrogen-bond acceptors (Lipinski definition) is 4. The lowest BCUT2D eigenvalue weighted by Gasteiger charge is -2.35. The third-order valence-electron chi connectivity index (χ3n) is 2.42. The van der Waals surface area contributed by atoms with Crippen LogP contribution in [0, 0.1) is 5.92 Å². The van der Waals surface area contributed by atoms with Crippen LogP contribution in [-0.2, 0) is 4.79 Å². The fourth-order valence-corrected chi connectivity index (χ4v) is 1.76. The Morgan fingerprint density at radius 2 is 1.93 bits per heavy atom. The molecular formula is C10H23N3O2. The topological polar surface area (TPSA) is 78.6 Å². The largest absolute Gasteiger partial charge is 0.395 e. The molecule has 0 saturated carbocycles. The second kappa shape index (κ2) is 6.76. The number of hydrazine groups is 1. The van der Waals surface area contributed by atoms with Crippen molar-refractivity contribution in [2.24, 2.45) is 11.8 Å². The van der Waals surface area contributed by atoms with Crippen molar-refractivity contribution in [2.45, 2.75) is 39.8 Å². The predicted molar refractivity (Wildman–Crippen MR) is 59.9 cm³/mol. The molecule has 0 aliphatic heterocycles. The Kier molecular flexibility index (Phi) is 6.47. The van der Waals surface area contributed by atoms with E-state index in [4.69, 9.17) is 10.9 Å². The van der Waals surface area contributed by atoms with Crippen LogP contribution in [0.15, 0.2) is 0 Å². The Balaban J connectivity index is 4.75. The fraction of sp³-hybridized carbons (Fsp3) is 0.900. The molecule has 0 saturated heterocycles. The molecule has 5 heteroatoms. The zero-order valence-electron chi connectivity index (χ0n) is 10.0. The maximum atomic E-state index is 11.6. The number of nitrogens with zero attached hydrogens (tertiary/aromatic N) is 1. The highest BCUT2D eigenvalue weighted by Gasteiger charge is 2.29. The Hall–Kier alpha value is -0.650. The number of carbonyl (C=O) groups excluding carboxylic acids is 1. The summed E-state index contributed by atoms with van der Waals surface area (Å²) in [6.45, 7) is 8.44. The van der Waals surface area contributed by atoms with Gasteiger partial charge in [-0.25, -0.2) is 5.84 Å². The highest BCUT2D eigenvalue weighted by molar-refractivity contribution is 5.81. The third-order valence-corrected chi connectivity index (χ3v) is 2.42. The van der Waals surface area contributed by atoms with Gasteiger partial charge >= 0.3 is 0 Å². The van der Waals surface area contributed by atoms with E-state index < -0.39 is 0 Å². The monoisotopic (exact) mass is 217 g/mol. The number of nitrogens with one attached hydrogen (secondary N) is 1. The minimum atomic E-state index is -0.290. The molecule has 15 heavy (non-hydrogen) atoms. The summed E-state index contributed by atoms with van der Waals surface area (Å²) in [7, 11) is 0. The molecule has 5 nitrogen and oxygen atoms in total. The quantitative estimate of drug-likeness (QED) is 0.324. The van der Waals surface area contributed by atoms with Crippen molar-refractivity contribution in [1.82, 2.24) is 10.3 Å². The standard InChI is InChI=1S/C10H23N3O2/c1-7(2)9(10(15)12-11)13(5-6-14)8(3)4/h7-9,14H,5-6,11H2,1-4H3,(H,12,15). The summed E-state index contributed by atoms with van der Waals surface area (Å²) in [4.78, 5) is 13.6. The lowest BCUT2D eigenvalue weighted by Crippen LogP contribution is -2.54. The number of nitrogens with two attached hydrogens (primary N) is 1. The van der Waals surface area contributed by atoms with Crippen LogP contribution >= 0.6 is 0 Å². The fourth-order valence-electron chi connectivity index (χ4n) is 1.76. The van der Waals surface area contributed by atoms with Crippen LogP contribution < -0.4 is 11.3 Å². The first-order chi connectivity index (χ1) is 6.95. The van der Waals surface area contributed by atoms with Crippen molar-refractivity contribution in [3.63, 3.8) is 0 Å². The first-order valence-electron chi connectivity index (χ1n) is 5.32. The van der Waals surface area contributed by atoms with Gasteiger partial charge in [0.05, 0.1) is 12.6 Å². The maximum absolute atomic E-state index is 11.6. The molecule has 0 aromatic carbocycles. The Labute approximate surface area is 91.6 Å². The highest BCUT2D eigenvalue weighted by atomic mass is 16.3. The molecular weight excluding hydrogens is 194 g/mol. The lowest BCUT2D eigenvalue weighted by atomic mass is 10.0. The first kappa shape index (κ1) is 14.3. The van der Waals surface area contributed by atoms with Crippen LogP contribution in [-0.4, -0.2) is 41.1 Å². The second-order valence-electron chi connectivity index (χ2n) is 4.25. The van der Waals surface area contributed by atoms with E-state index in [1.54, 1.807) is 0 Å².